The van der Waals surface area contributed by atoms with E-state index in [1.165, 1.54) is 16.0 Å². The average molecular weight is 428 g/mol. The van der Waals surface area contributed by atoms with Crippen molar-refractivity contribution in [3.8, 4) is 0 Å². The van der Waals surface area contributed by atoms with Gasteiger partial charge in [-0.05, 0) is 63.0 Å². The third kappa shape index (κ3) is 7.35. The Morgan fingerprint density at radius 1 is 0.967 bits per heavy atom. The molecular formula is C24H33N3O2S. The van der Waals surface area contributed by atoms with Crippen LogP contribution in [0.4, 0.5) is 4.79 Å². The second kappa shape index (κ2) is 10.3. The molecule has 5 nitrogen and oxygen atoms in total. The van der Waals surface area contributed by atoms with Crippen LogP contribution in [0.5, 0.6) is 0 Å². The number of amides is 1. The predicted octanol–water partition coefficient (Wildman–Crippen LogP) is 4.88. The number of carbonyl (C=O) groups excluding carboxylic acids is 1. The summed E-state index contributed by atoms with van der Waals surface area (Å²) in [4.78, 5) is 17.6. The number of rotatable bonds is 6. The van der Waals surface area contributed by atoms with E-state index in [0.29, 0.717) is 13.1 Å². The van der Waals surface area contributed by atoms with Crippen LogP contribution in [0.15, 0.2) is 59.5 Å². The summed E-state index contributed by atoms with van der Waals surface area (Å²) in [5.74, 6) is 0. The van der Waals surface area contributed by atoms with Crippen LogP contribution in [0, 0.1) is 0 Å². The van der Waals surface area contributed by atoms with Crippen molar-refractivity contribution in [1.29, 1.82) is 0 Å². The van der Waals surface area contributed by atoms with E-state index in [2.05, 4.69) is 64.8 Å². The number of ether oxygens (including phenoxy) is 1. The summed E-state index contributed by atoms with van der Waals surface area (Å²) >= 11 is 1.76. The molecule has 0 aliphatic carbocycles. The van der Waals surface area contributed by atoms with Crippen molar-refractivity contribution in [3.63, 3.8) is 0 Å². The quantitative estimate of drug-likeness (QED) is 0.614. The Morgan fingerprint density at radius 2 is 1.60 bits per heavy atom. The number of hydrogen-bond donors (Lipinski definition) is 0. The van der Waals surface area contributed by atoms with Gasteiger partial charge in [-0.3, -0.25) is 4.90 Å². The van der Waals surface area contributed by atoms with Gasteiger partial charge in [0.25, 0.3) is 0 Å². The summed E-state index contributed by atoms with van der Waals surface area (Å²) in [5.41, 5.74) is 2.17. The van der Waals surface area contributed by atoms with Gasteiger partial charge in [0, 0.05) is 44.2 Å². The summed E-state index contributed by atoms with van der Waals surface area (Å²) in [6.45, 7) is 10.7. The van der Waals surface area contributed by atoms with E-state index < -0.39 is 5.60 Å². The van der Waals surface area contributed by atoms with Crippen molar-refractivity contribution in [2.45, 2.75) is 44.4 Å². The zero-order valence-electron chi connectivity index (χ0n) is 18.5. The fourth-order valence-electron chi connectivity index (χ4n) is 3.38. The maximum Gasteiger partial charge on any atom is 0.410 e. The lowest BCUT2D eigenvalue weighted by Crippen LogP contribution is -2.49. The molecule has 0 atom stereocenters. The first-order valence-electron chi connectivity index (χ1n) is 10.5. The second-order valence-corrected chi connectivity index (χ2v) is 10.0. The summed E-state index contributed by atoms with van der Waals surface area (Å²) in [5, 5.41) is 0. The van der Waals surface area contributed by atoms with Crippen LogP contribution in [-0.2, 0) is 17.8 Å². The van der Waals surface area contributed by atoms with Gasteiger partial charge in [-0.2, -0.15) is 0 Å². The first-order chi connectivity index (χ1) is 14.3. The van der Waals surface area contributed by atoms with E-state index in [4.69, 9.17) is 4.74 Å². The number of hydrogen-bond acceptors (Lipinski definition) is 5. The van der Waals surface area contributed by atoms with E-state index in [0.717, 1.165) is 26.2 Å². The van der Waals surface area contributed by atoms with Gasteiger partial charge >= 0.3 is 6.09 Å². The largest absolute Gasteiger partial charge is 0.444 e. The average Bonchev–Trinajstić information content (AvgIpc) is 2.69. The van der Waals surface area contributed by atoms with Crippen LogP contribution >= 0.6 is 11.9 Å². The van der Waals surface area contributed by atoms with E-state index in [1.54, 1.807) is 11.9 Å². The Bertz CT molecular complexity index is 797. The Labute approximate surface area is 185 Å². The first-order valence-corrected chi connectivity index (χ1v) is 11.3. The van der Waals surface area contributed by atoms with Crippen LogP contribution < -0.4 is 0 Å². The highest BCUT2D eigenvalue weighted by Crippen LogP contribution is 2.24. The third-order valence-electron chi connectivity index (χ3n) is 4.86. The Balaban J connectivity index is 1.43. The molecule has 2 aromatic rings. The zero-order valence-corrected chi connectivity index (χ0v) is 19.3. The number of piperazine rings is 1. The lowest BCUT2D eigenvalue weighted by Gasteiger charge is -2.35. The third-order valence-corrected chi connectivity index (χ3v) is 5.79. The molecule has 1 fully saturated rings. The molecule has 0 aromatic heterocycles. The van der Waals surface area contributed by atoms with Gasteiger partial charge in [-0.25, -0.2) is 9.10 Å². The maximum atomic E-state index is 12.2. The molecule has 30 heavy (non-hydrogen) atoms. The molecule has 1 heterocycles. The van der Waals surface area contributed by atoms with Gasteiger partial charge in [0.1, 0.15) is 5.60 Å². The van der Waals surface area contributed by atoms with Crippen molar-refractivity contribution in [2.24, 2.45) is 0 Å². The molecule has 0 bridgehead atoms. The van der Waals surface area contributed by atoms with Crippen molar-refractivity contribution >= 4 is 18.0 Å². The summed E-state index contributed by atoms with van der Waals surface area (Å²) in [6, 6.07) is 19.3. The Kier molecular flexibility index (Phi) is 7.81. The smallest absolute Gasteiger partial charge is 0.410 e. The van der Waals surface area contributed by atoms with Gasteiger partial charge in [0.15, 0.2) is 0 Å². The monoisotopic (exact) mass is 427 g/mol. The standard InChI is InChI=1S/C24H33N3O2S/c1-24(2,3)29-23(28)27-16-14-26(15-17-27)19-21-10-12-22(13-11-21)30-25(4)18-20-8-6-5-7-9-20/h5-13H,14-19H2,1-4H3. The van der Waals surface area contributed by atoms with Crippen molar-refractivity contribution in [3.05, 3.63) is 65.7 Å². The normalized spacial score (nSPS) is 15.4. The molecule has 2 aromatic carbocycles. The molecular weight excluding hydrogens is 394 g/mol. The molecule has 3 rings (SSSR count). The van der Waals surface area contributed by atoms with Crippen LogP contribution in [0.1, 0.15) is 31.9 Å². The molecule has 1 amide bonds. The molecule has 1 aliphatic rings. The van der Waals surface area contributed by atoms with Gasteiger partial charge in [-0.1, -0.05) is 42.5 Å². The summed E-state index contributed by atoms with van der Waals surface area (Å²) in [7, 11) is 2.12. The lowest BCUT2D eigenvalue weighted by molar-refractivity contribution is 0.0139. The molecule has 0 spiro atoms. The minimum atomic E-state index is -0.441. The molecule has 162 valence electrons. The Hall–Kier alpha value is -2.02. The van der Waals surface area contributed by atoms with Crippen molar-refractivity contribution < 1.29 is 9.53 Å². The fourth-order valence-corrected chi connectivity index (χ4v) is 4.21. The summed E-state index contributed by atoms with van der Waals surface area (Å²) < 4.78 is 7.73. The zero-order chi connectivity index (χ0) is 21.6. The van der Waals surface area contributed by atoms with Crippen molar-refractivity contribution in [1.82, 2.24) is 14.1 Å². The maximum absolute atomic E-state index is 12.2. The minimum Gasteiger partial charge on any atom is -0.444 e. The van der Waals surface area contributed by atoms with Crippen molar-refractivity contribution in [2.75, 3.05) is 33.2 Å². The minimum absolute atomic E-state index is 0.205. The van der Waals surface area contributed by atoms with Crippen LogP contribution in [0.3, 0.4) is 0 Å². The van der Waals surface area contributed by atoms with E-state index in [9.17, 15) is 4.79 Å². The van der Waals surface area contributed by atoms with E-state index >= 15 is 0 Å². The highest BCUT2D eigenvalue weighted by molar-refractivity contribution is 7.97. The second-order valence-electron chi connectivity index (χ2n) is 8.75. The number of benzene rings is 2. The first kappa shape index (κ1) is 22.7. The van der Waals surface area contributed by atoms with Gasteiger partial charge in [0.05, 0.1) is 0 Å². The van der Waals surface area contributed by atoms with Crippen LogP contribution in [-0.4, -0.2) is 59.0 Å². The molecule has 1 saturated heterocycles. The number of nitrogens with zero attached hydrogens (tertiary/aromatic N) is 3. The van der Waals surface area contributed by atoms with E-state index in [-0.39, 0.29) is 6.09 Å². The predicted molar refractivity (Wildman–Crippen MR) is 123 cm³/mol. The Morgan fingerprint density at radius 3 is 2.20 bits per heavy atom. The highest BCUT2D eigenvalue weighted by Gasteiger charge is 2.25. The molecule has 0 unspecified atom stereocenters. The molecule has 6 heteroatoms. The van der Waals surface area contributed by atoms with Crippen LogP contribution in [0.2, 0.25) is 0 Å². The highest BCUT2D eigenvalue weighted by atomic mass is 32.2. The summed E-state index contributed by atoms with van der Waals surface area (Å²) in [6.07, 6.45) is -0.205. The van der Waals surface area contributed by atoms with Gasteiger partial charge in [-0.15, -0.1) is 0 Å². The SMILES string of the molecule is CN(Cc1ccccc1)Sc1ccc(CN2CCN(C(=O)OC(C)(C)C)CC2)cc1. The van der Waals surface area contributed by atoms with E-state index in [1.807, 2.05) is 31.7 Å². The molecule has 0 N–H and O–H groups in total. The lowest BCUT2D eigenvalue weighted by atomic mass is 10.2. The topological polar surface area (TPSA) is 36.0 Å². The molecule has 0 saturated carbocycles. The molecule has 0 radical (unpaired) electrons. The van der Waals surface area contributed by atoms with Gasteiger partial charge in [0.2, 0.25) is 0 Å². The van der Waals surface area contributed by atoms with Gasteiger partial charge < -0.3 is 9.64 Å². The molecule has 1 aliphatic heterocycles. The number of carbonyl (C=O) groups is 1. The van der Waals surface area contributed by atoms with Crippen LogP contribution in [0.25, 0.3) is 0 Å². The fraction of sp³-hybridized carbons (Fsp3) is 0.458.